The Balaban J connectivity index is 1.56. The van der Waals surface area contributed by atoms with Crippen molar-refractivity contribution >= 4 is 23.6 Å². The summed E-state index contributed by atoms with van der Waals surface area (Å²) >= 11 is 0. The predicted octanol–water partition coefficient (Wildman–Crippen LogP) is -1.37. The molecule has 2 fully saturated rings. The molecular formula is C20H22N8O4. The lowest BCUT2D eigenvalue weighted by Crippen LogP contribution is -2.63. The summed E-state index contributed by atoms with van der Waals surface area (Å²) < 4.78 is 0. The van der Waals surface area contributed by atoms with Gasteiger partial charge in [-0.3, -0.25) is 24.2 Å². The monoisotopic (exact) mass is 438 g/mol. The number of nitrogens with one attached hydrogen (secondary N) is 2. The largest absolute Gasteiger partial charge is 0.354 e. The maximum absolute atomic E-state index is 13.2. The van der Waals surface area contributed by atoms with Crippen LogP contribution in [0, 0.1) is 0 Å². The zero-order valence-corrected chi connectivity index (χ0v) is 17.2. The van der Waals surface area contributed by atoms with Crippen molar-refractivity contribution in [1.82, 2.24) is 40.4 Å². The molecule has 2 N–H and O–H groups in total. The van der Waals surface area contributed by atoms with Crippen molar-refractivity contribution in [3.63, 3.8) is 0 Å². The summed E-state index contributed by atoms with van der Waals surface area (Å²) in [6.45, 7) is 0.852. The van der Waals surface area contributed by atoms with Gasteiger partial charge in [0.1, 0.15) is 24.1 Å². The molecule has 0 saturated carbocycles. The maximum Gasteiger partial charge on any atom is 0.274 e. The highest BCUT2D eigenvalue weighted by molar-refractivity contribution is 5.99. The molecule has 12 nitrogen and oxygen atoms in total. The molecule has 4 rings (SSSR count). The molecule has 0 aliphatic carbocycles. The van der Waals surface area contributed by atoms with Crippen LogP contribution in [0.3, 0.4) is 0 Å². The highest BCUT2D eigenvalue weighted by atomic mass is 16.2. The normalized spacial score (nSPS) is 20.9. The Labute approximate surface area is 183 Å². The van der Waals surface area contributed by atoms with Crippen LogP contribution in [-0.4, -0.2) is 91.6 Å². The number of nitrogens with zero attached hydrogens (tertiary/aromatic N) is 6. The highest BCUT2D eigenvalue weighted by Gasteiger charge is 2.39. The van der Waals surface area contributed by atoms with Crippen LogP contribution in [0.25, 0.3) is 0 Å². The van der Waals surface area contributed by atoms with E-state index in [9.17, 15) is 19.2 Å². The van der Waals surface area contributed by atoms with Gasteiger partial charge in [0.25, 0.3) is 11.8 Å². The molecule has 2 saturated heterocycles. The number of aromatic nitrogens is 4. The van der Waals surface area contributed by atoms with Crippen LogP contribution in [0.15, 0.2) is 37.3 Å². The average Bonchev–Trinajstić information content (AvgIpc) is 2.85. The molecule has 4 heterocycles. The Morgan fingerprint density at radius 2 is 1.84 bits per heavy atom. The van der Waals surface area contributed by atoms with Crippen LogP contribution in [-0.2, 0) is 9.59 Å². The molecule has 32 heavy (non-hydrogen) atoms. The van der Waals surface area contributed by atoms with E-state index in [1.807, 2.05) is 0 Å². The van der Waals surface area contributed by atoms with Gasteiger partial charge in [-0.05, 0) is 12.8 Å². The Morgan fingerprint density at radius 3 is 2.56 bits per heavy atom. The molecule has 2 atom stereocenters. The number of carbonyl (C=O) groups excluding carboxylic acids is 4. The quantitative estimate of drug-likeness (QED) is 0.593. The first-order valence-electron chi connectivity index (χ1n) is 10.2. The lowest BCUT2D eigenvalue weighted by Gasteiger charge is -2.40. The third-order valence-corrected chi connectivity index (χ3v) is 5.42. The fraction of sp³-hybridized carbons (Fsp3) is 0.400. The lowest BCUT2D eigenvalue weighted by atomic mass is 10.0. The van der Waals surface area contributed by atoms with Crippen LogP contribution in [0.1, 0.15) is 33.7 Å². The highest BCUT2D eigenvalue weighted by Crippen LogP contribution is 2.16. The van der Waals surface area contributed by atoms with E-state index in [0.717, 1.165) is 6.42 Å². The topological polar surface area (TPSA) is 150 Å². The van der Waals surface area contributed by atoms with Gasteiger partial charge >= 0.3 is 0 Å². The van der Waals surface area contributed by atoms with E-state index in [-0.39, 0.29) is 42.7 Å². The predicted molar refractivity (Wildman–Crippen MR) is 109 cm³/mol. The van der Waals surface area contributed by atoms with Gasteiger partial charge in [-0.25, -0.2) is 15.0 Å². The van der Waals surface area contributed by atoms with E-state index in [4.69, 9.17) is 0 Å². The molecule has 2 aromatic rings. The number of piperazine rings is 1. The minimum absolute atomic E-state index is 0.0418. The third-order valence-electron chi connectivity index (χ3n) is 5.42. The Kier molecular flexibility index (Phi) is 6.29. The van der Waals surface area contributed by atoms with Crippen molar-refractivity contribution in [2.45, 2.75) is 24.9 Å². The van der Waals surface area contributed by atoms with Crippen molar-refractivity contribution in [2.24, 2.45) is 0 Å². The summed E-state index contributed by atoms with van der Waals surface area (Å²) in [4.78, 5) is 69.7. The molecule has 0 spiro atoms. The van der Waals surface area contributed by atoms with E-state index in [0.29, 0.717) is 13.0 Å². The summed E-state index contributed by atoms with van der Waals surface area (Å²) in [5, 5.41) is 5.45. The van der Waals surface area contributed by atoms with Gasteiger partial charge in [0.05, 0.1) is 18.3 Å². The zero-order valence-electron chi connectivity index (χ0n) is 17.2. The van der Waals surface area contributed by atoms with Crippen LogP contribution in [0.4, 0.5) is 0 Å². The van der Waals surface area contributed by atoms with Crippen molar-refractivity contribution in [1.29, 1.82) is 0 Å². The van der Waals surface area contributed by atoms with E-state index in [2.05, 4.69) is 30.6 Å². The fourth-order valence-corrected chi connectivity index (χ4v) is 3.76. The van der Waals surface area contributed by atoms with Gasteiger partial charge < -0.3 is 20.4 Å². The summed E-state index contributed by atoms with van der Waals surface area (Å²) in [5.74, 6) is -1.58. The molecule has 0 aromatic carbocycles. The molecule has 12 heteroatoms. The molecule has 0 bridgehead atoms. The van der Waals surface area contributed by atoms with Gasteiger partial charge in [-0.1, -0.05) is 0 Å². The number of amides is 4. The van der Waals surface area contributed by atoms with Crippen molar-refractivity contribution in [3.05, 3.63) is 48.6 Å². The van der Waals surface area contributed by atoms with Crippen molar-refractivity contribution in [3.8, 4) is 0 Å². The molecule has 4 amide bonds. The molecule has 2 aliphatic heterocycles. The van der Waals surface area contributed by atoms with Crippen LogP contribution in [0.5, 0.6) is 0 Å². The van der Waals surface area contributed by atoms with Gasteiger partial charge in [0.2, 0.25) is 11.8 Å². The van der Waals surface area contributed by atoms with E-state index in [1.165, 1.54) is 47.1 Å². The second kappa shape index (κ2) is 9.45. The Morgan fingerprint density at radius 1 is 1.03 bits per heavy atom. The summed E-state index contributed by atoms with van der Waals surface area (Å²) in [5.41, 5.74) is 0.379. The summed E-state index contributed by atoms with van der Waals surface area (Å²) in [6.07, 6.45) is 9.52. The first-order valence-corrected chi connectivity index (χ1v) is 10.2. The molecular weight excluding hydrogens is 416 g/mol. The second-order valence-corrected chi connectivity index (χ2v) is 7.48. The smallest absolute Gasteiger partial charge is 0.274 e. The Hall–Kier alpha value is -3.96. The number of hydrogen-bond donors (Lipinski definition) is 2. The van der Waals surface area contributed by atoms with Crippen molar-refractivity contribution in [2.75, 3.05) is 26.2 Å². The van der Waals surface area contributed by atoms with Crippen LogP contribution >= 0.6 is 0 Å². The SMILES string of the molecule is O=C1NCCC[C@H]1NC(=O)[C@@H]1CN(C(=O)c2cncnc2)CCN1C(=O)c1cnccn1. The minimum Gasteiger partial charge on any atom is -0.354 e. The van der Waals surface area contributed by atoms with E-state index in [1.54, 1.807) is 0 Å². The molecule has 166 valence electrons. The first-order chi connectivity index (χ1) is 15.5. The summed E-state index contributed by atoms with van der Waals surface area (Å²) in [6, 6.07) is -1.68. The van der Waals surface area contributed by atoms with Gasteiger partial charge in [0.15, 0.2) is 0 Å². The van der Waals surface area contributed by atoms with E-state index >= 15 is 0 Å². The molecule has 0 radical (unpaired) electrons. The second-order valence-electron chi connectivity index (χ2n) is 7.48. The molecule has 2 aliphatic rings. The van der Waals surface area contributed by atoms with Gasteiger partial charge in [-0.2, -0.15) is 0 Å². The standard InChI is InChI=1S/C20H22N8O4/c29-17-14(2-1-3-25-17)26-18(30)16-11-27(19(31)13-8-22-12-23-9-13)6-7-28(16)20(32)15-10-21-4-5-24-15/h4-5,8-10,12,14,16H,1-3,6-7,11H2,(H,25,29)(H,26,30)/t14-,16+/m1/s1. The molecule has 0 unspecified atom stereocenters. The average molecular weight is 438 g/mol. The number of carbonyl (C=O) groups is 4. The first kappa shape index (κ1) is 21.3. The van der Waals surface area contributed by atoms with E-state index < -0.39 is 23.9 Å². The number of rotatable bonds is 4. The fourth-order valence-electron chi connectivity index (χ4n) is 3.76. The van der Waals surface area contributed by atoms with Crippen molar-refractivity contribution < 1.29 is 19.2 Å². The maximum atomic E-state index is 13.2. The third kappa shape index (κ3) is 4.53. The molecule has 2 aromatic heterocycles. The Bertz CT molecular complexity index is 1000. The van der Waals surface area contributed by atoms with Gasteiger partial charge in [-0.15, -0.1) is 0 Å². The summed E-state index contributed by atoms with van der Waals surface area (Å²) in [7, 11) is 0. The van der Waals surface area contributed by atoms with Gasteiger partial charge in [0, 0.05) is 44.4 Å². The lowest BCUT2D eigenvalue weighted by molar-refractivity contribution is -0.133. The van der Waals surface area contributed by atoms with Crippen LogP contribution in [0.2, 0.25) is 0 Å². The van der Waals surface area contributed by atoms with Crippen LogP contribution < -0.4 is 10.6 Å². The minimum atomic E-state index is -0.999. The number of piperidine rings is 1. The zero-order chi connectivity index (χ0) is 22.5. The number of hydrogen-bond acceptors (Lipinski definition) is 8.